The summed E-state index contributed by atoms with van der Waals surface area (Å²) in [5.74, 6) is -0.723. The van der Waals surface area contributed by atoms with E-state index in [1.165, 1.54) is 0 Å². The summed E-state index contributed by atoms with van der Waals surface area (Å²) in [5.41, 5.74) is 7.59. The van der Waals surface area contributed by atoms with Gasteiger partial charge in [0.1, 0.15) is 0 Å². The van der Waals surface area contributed by atoms with Crippen LogP contribution in [0.25, 0.3) is 43.6 Å². The number of anilines is 6. The second-order valence-corrected chi connectivity index (χ2v) is 16.3. The van der Waals surface area contributed by atoms with Gasteiger partial charge in [0.15, 0.2) is 0 Å². The lowest BCUT2D eigenvalue weighted by Crippen LogP contribution is -2.22. The number of benzene rings is 6. The van der Waals surface area contributed by atoms with Crippen LogP contribution < -0.4 is 20.1 Å². The van der Waals surface area contributed by atoms with Crippen molar-refractivity contribution in [3.8, 4) is 0 Å². The number of para-hydroxylation sites is 4. The molecule has 0 atom stereocenters. The maximum atomic E-state index is 12.9. The Kier molecular flexibility index (Phi) is 8.99. The lowest BCUT2D eigenvalue weighted by Gasteiger charge is -2.14. The fourth-order valence-corrected chi connectivity index (χ4v) is 8.81. The van der Waals surface area contributed by atoms with Crippen LogP contribution in [-0.2, 0) is 20.0 Å². The molecule has 0 aliphatic carbocycles. The molecule has 0 unspecified atom stereocenters. The third-order valence-corrected chi connectivity index (χ3v) is 11.6. The number of rotatable bonds is 12. The van der Waals surface area contributed by atoms with Gasteiger partial charge in [-0.25, -0.2) is 26.8 Å². The Morgan fingerprint density at radius 1 is 0.377 bits per heavy atom. The first-order valence-electron chi connectivity index (χ1n) is 17.0. The molecule has 53 heavy (non-hydrogen) atoms. The summed E-state index contributed by atoms with van der Waals surface area (Å²) in [6.07, 6.45) is -0.0890. The molecule has 2 aromatic heterocycles. The Hall–Kier alpha value is -6.24. The highest BCUT2D eigenvalue weighted by atomic mass is 32.2. The van der Waals surface area contributed by atoms with E-state index in [0.717, 1.165) is 66.4 Å². The highest BCUT2D eigenvalue weighted by molar-refractivity contribution is 7.93. The third-order valence-electron chi connectivity index (χ3n) is 8.86. The molecule has 8 rings (SSSR count). The van der Waals surface area contributed by atoms with Gasteiger partial charge >= 0.3 is 0 Å². The number of sulfonamides is 2. The largest absolute Gasteiger partial charge is 0.354 e. The molecule has 12 heteroatoms. The molecule has 0 amide bonds. The predicted octanol–water partition coefficient (Wildman–Crippen LogP) is 9.15. The Morgan fingerprint density at radius 2 is 0.660 bits per heavy atom. The van der Waals surface area contributed by atoms with Crippen molar-refractivity contribution in [1.29, 1.82) is 0 Å². The van der Waals surface area contributed by atoms with Crippen LogP contribution in [0, 0.1) is 0 Å². The fraction of sp³-hybridized carbons (Fsp3) is 0.0732. The lowest BCUT2D eigenvalue weighted by molar-refractivity contribution is 0.595. The number of aromatic nitrogens is 2. The standard InChI is InChI=1S/C41H34N6O4S2/c48-52(49,46-30-22-18-28(19-23-30)42-40-32-10-1-5-14-36(32)44-37-15-6-2-11-33(37)40)26-9-27-53(50,51)47-31-24-20-29(21-25-31)43-41-34-12-3-7-16-38(34)45-39-17-8-4-13-35(39)41/h1-8,10-25,46-47H,9,26-27H2,(H,42,44)(H,43,45). The second-order valence-electron chi connectivity index (χ2n) is 12.6. The minimum atomic E-state index is -3.81. The first-order chi connectivity index (χ1) is 25.7. The van der Waals surface area contributed by atoms with Crippen molar-refractivity contribution in [1.82, 2.24) is 9.97 Å². The first kappa shape index (κ1) is 33.9. The Balaban J connectivity index is 0.873. The Morgan fingerprint density at radius 3 is 0.981 bits per heavy atom. The topological polar surface area (TPSA) is 142 Å². The van der Waals surface area contributed by atoms with Gasteiger partial charge in [0.05, 0.1) is 44.9 Å². The zero-order valence-electron chi connectivity index (χ0n) is 28.3. The first-order valence-corrected chi connectivity index (χ1v) is 20.3. The quantitative estimate of drug-likeness (QED) is 0.0910. The van der Waals surface area contributed by atoms with Crippen LogP contribution >= 0.6 is 0 Å². The number of nitrogens with one attached hydrogen (secondary N) is 4. The summed E-state index contributed by atoms with van der Waals surface area (Å²) in [6.45, 7) is 0. The normalized spacial score (nSPS) is 11.9. The highest BCUT2D eigenvalue weighted by Crippen LogP contribution is 2.35. The number of pyridine rings is 2. The summed E-state index contributed by atoms with van der Waals surface area (Å²) < 4.78 is 56.7. The summed E-state index contributed by atoms with van der Waals surface area (Å²) >= 11 is 0. The maximum absolute atomic E-state index is 12.9. The van der Waals surface area contributed by atoms with Gasteiger partial charge in [0.25, 0.3) is 0 Å². The number of hydrogen-bond donors (Lipinski definition) is 4. The van der Waals surface area contributed by atoms with E-state index >= 15 is 0 Å². The maximum Gasteiger partial charge on any atom is 0.232 e. The summed E-state index contributed by atoms with van der Waals surface area (Å²) in [6, 6.07) is 45.4. The minimum Gasteiger partial charge on any atom is -0.354 e. The number of nitrogens with zero attached hydrogens (tertiary/aromatic N) is 2. The van der Waals surface area contributed by atoms with E-state index in [-0.39, 0.29) is 17.9 Å². The summed E-state index contributed by atoms with van der Waals surface area (Å²) in [4.78, 5) is 9.53. The monoisotopic (exact) mass is 738 g/mol. The van der Waals surface area contributed by atoms with Gasteiger partial charge in [-0.15, -0.1) is 0 Å². The van der Waals surface area contributed by atoms with E-state index in [1.54, 1.807) is 48.5 Å². The molecular formula is C41H34N6O4S2. The van der Waals surface area contributed by atoms with Crippen molar-refractivity contribution in [2.24, 2.45) is 0 Å². The molecule has 10 nitrogen and oxygen atoms in total. The van der Waals surface area contributed by atoms with E-state index in [0.29, 0.717) is 11.4 Å². The van der Waals surface area contributed by atoms with Gasteiger partial charge in [-0.3, -0.25) is 9.44 Å². The second kappa shape index (κ2) is 14.1. The van der Waals surface area contributed by atoms with Crippen LogP contribution in [0.3, 0.4) is 0 Å². The molecular weight excluding hydrogens is 705 g/mol. The molecule has 0 radical (unpaired) electrons. The molecule has 8 aromatic rings. The molecule has 0 fully saturated rings. The van der Waals surface area contributed by atoms with Crippen LogP contribution in [0.2, 0.25) is 0 Å². The van der Waals surface area contributed by atoms with E-state index in [4.69, 9.17) is 9.97 Å². The molecule has 0 spiro atoms. The van der Waals surface area contributed by atoms with E-state index in [1.807, 2.05) is 97.1 Å². The van der Waals surface area contributed by atoms with Gasteiger partial charge in [-0.05, 0) is 79.2 Å². The summed E-state index contributed by atoms with van der Waals surface area (Å²) in [5, 5.41) is 10.8. The van der Waals surface area contributed by atoms with E-state index < -0.39 is 20.0 Å². The van der Waals surface area contributed by atoms with Crippen molar-refractivity contribution in [3.63, 3.8) is 0 Å². The Labute approximate surface area is 307 Å². The zero-order valence-corrected chi connectivity index (χ0v) is 30.0. The van der Waals surface area contributed by atoms with E-state index in [9.17, 15) is 16.8 Å². The lowest BCUT2D eigenvalue weighted by atomic mass is 10.1. The van der Waals surface area contributed by atoms with Crippen molar-refractivity contribution in [2.75, 3.05) is 31.6 Å². The van der Waals surface area contributed by atoms with Crippen LogP contribution in [0.15, 0.2) is 146 Å². The van der Waals surface area contributed by atoms with Gasteiger partial charge in [0, 0.05) is 44.3 Å². The molecule has 0 aliphatic rings. The van der Waals surface area contributed by atoms with Crippen LogP contribution in [0.1, 0.15) is 6.42 Å². The van der Waals surface area contributed by atoms with Gasteiger partial charge in [0.2, 0.25) is 20.0 Å². The molecule has 264 valence electrons. The summed E-state index contributed by atoms with van der Waals surface area (Å²) in [7, 11) is -7.62. The SMILES string of the molecule is O=S(=O)(CCCS(=O)(=O)Nc1ccc(Nc2c3ccccc3nc3ccccc23)cc1)Nc1ccc(Nc2c3ccccc3nc3ccccc23)cc1. The number of fused-ring (bicyclic) bond motifs is 4. The molecule has 0 aliphatic heterocycles. The van der Waals surface area contributed by atoms with Crippen LogP contribution in [0.5, 0.6) is 0 Å². The van der Waals surface area contributed by atoms with Crippen molar-refractivity contribution in [2.45, 2.75) is 6.42 Å². The van der Waals surface area contributed by atoms with Gasteiger partial charge in [-0.2, -0.15) is 0 Å². The zero-order chi connectivity index (χ0) is 36.4. The van der Waals surface area contributed by atoms with Crippen LogP contribution in [0.4, 0.5) is 34.1 Å². The van der Waals surface area contributed by atoms with Crippen LogP contribution in [-0.4, -0.2) is 38.3 Å². The highest BCUT2D eigenvalue weighted by Gasteiger charge is 2.17. The molecule has 0 bridgehead atoms. The van der Waals surface area contributed by atoms with Gasteiger partial charge < -0.3 is 10.6 Å². The molecule has 4 N–H and O–H groups in total. The number of hydrogen-bond acceptors (Lipinski definition) is 8. The molecule has 0 saturated heterocycles. The van der Waals surface area contributed by atoms with Crippen molar-refractivity contribution in [3.05, 3.63) is 146 Å². The van der Waals surface area contributed by atoms with Crippen molar-refractivity contribution >= 4 is 97.8 Å². The average molecular weight is 739 g/mol. The Bertz CT molecular complexity index is 2540. The third kappa shape index (κ3) is 7.55. The molecule has 6 aromatic carbocycles. The average Bonchev–Trinajstić information content (AvgIpc) is 3.15. The van der Waals surface area contributed by atoms with E-state index in [2.05, 4.69) is 20.1 Å². The minimum absolute atomic E-state index is 0.0890. The van der Waals surface area contributed by atoms with Crippen molar-refractivity contribution < 1.29 is 16.8 Å². The van der Waals surface area contributed by atoms with Gasteiger partial charge in [-0.1, -0.05) is 72.8 Å². The smallest absolute Gasteiger partial charge is 0.232 e. The predicted molar refractivity (Wildman–Crippen MR) is 217 cm³/mol. The molecule has 2 heterocycles. The fourth-order valence-electron chi connectivity index (χ4n) is 6.38. The molecule has 0 saturated carbocycles.